The molecule has 0 spiro atoms. The van der Waals surface area contributed by atoms with Crippen molar-refractivity contribution in [1.82, 2.24) is 0 Å². The second-order valence-corrected chi connectivity index (χ2v) is 6.55. The Morgan fingerprint density at radius 1 is 0.640 bits per heavy atom. The average molecular weight is 344 g/mol. The SMILES string of the molecule is ClC1=NC(C(c2ccccc2)(c2ccccc2)c2ccccc2)C=C1. The van der Waals surface area contributed by atoms with Crippen LogP contribution in [0.25, 0.3) is 0 Å². The molecule has 0 fully saturated rings. The lowest BCUT2D eigenvalue weighted by molar-refractivity contribution is 0.552. The third kappa shape index (κ3) is 2.71. The summed E-state index contributed by atoms with van der Waals surface area (Å²) >= 11 is 6.24. The van der Waals surface area contributed by atoms with Crippen LogP contribution in [-0.2, 0) is 5.41 Å². The lowest BCUT2D eigenvalue weighted by Gasteiger charge is -2.39. The molecule has 25 heavy (non-hydrogen) atoms. The Kier molecular flexibility index (Phi) is 4.25. The molecule has 0 saturated heterocycles. The number of aliphatic imine (C=N–C) groups is 1. The molecule has 2 heteroatoms. The fraction of sp³-hybridized carbons (Fsp3) is 0.0870. The van der Waals surface area contributed by atoms with Crippen LogP contribution in [0.15, 0.2) is 108 Å². The molecule has 1 aliphatic heterocycles. The van der Waals surface area contributed by atoms with Crippen LogP contribution >= 0.6 is 11.6 Å². The lowest BCUT2D eigenvalue weighted by atomic mass is 9.65. The van der Waals surface area contributed by atoms with Crippen molar-refractivity contribution in [2.24, 2.45) is 4.99 Å². The van der Waals surface area contributed by atoms with Gasteiger partial charge in [-0.1, -0.05) is 109 Å². The van der Waals surface area contributed by atoms with Crippen LogP contribution < -0.4 is 0 Å². The molecule has 0 radical (unpaired) electrons. The van der Waals surface area contributed by atoms with E-state index in [2.05, 4.69) is 78.9 Å². The van der Waals surface area contributed by atoms with Crippen molar-refractivity contribution in [1.29, 1.82) is 0 Å². The standard InChI is InChI=1S/C23H18ClN/c24-22-17-16-21(25-22)23(18-10-4-1-5-11-18,19-12-6-2-7-13-19)20-14-8-3-9-15-20/h1-17,21H. The number of rotatable bonds is 4. The lowest BCUT2D eigenvalue weighted by Crippen LogP contribution is -2.39. The highest BCUT2D eigenvalue weighted by Gasteiger charge is 2.43. The highest BCUT2D eigenvalue weighted by Crippen LogP contribution is 2.45. The van der Waals surface area contributed by atoms with E-state index in [9.17, 15) is 0 Å². The maximum Gasteiger partial charge on any atom is 0.124 e. The minimum atomic E-state index is -0.420. The summed E-state index contributed by atoms with van der Waals surface area (Å²) in [5.41, 5.74) is 3.20. The number of halogens is 1. The second kappa shape index (κ2) is 6.70. The average Bonchev–Trinajstić information content (AvgIpc) is 3.12. The smallest absolute Gasteiger partial charge is 0.124 e. The van der Waals surface area contributed by atoms with Crippen molar-refractivity contribution in [2.75, 3.05) is 0 Å². The fourth-order valence-corrected chi connectivity index (χ4v) is 3.92. The van der Waals surface area contributed by atoms with Crippen LogP contribution in [0, 0.1) is 0 Å². The Hall–Kier alpha value is -2.64. The first-order valence-electron chi connectivity index (χ1n) is 8.40. The van der Waals surface area contributed by atoms with Gasteiger partial charge in [0.25, 0.3) is 0 Å². The molecule has 3 aromatic carbocycles. The summed E-state index contributed by atoms with van der Waals surface area (Å²) in [4.78, 5) is 4.76. The number of hydrogen-bond donors (Lipinski definition) is 0. The minimum absolute atomic E-state index is 0.0906. The number of nitrogens with zero attached hydrogens (tertiary/aromatic N) is 1. The highest BCUT2D eigenvalue weighted by molar-refractivity contribution is 6.68. The van der Waals surface area contributed by atoms with E-state index in [4.69, 9.17) is 16.6 Å². The quantitative estimate of drug-likeness (QED) is 0.547. The summed E-state index contributed by atoms with van der Waals surface area (Å²) in [6.07, 6.45) is 4.01. The molecule has 0 aliphatic carbocycles. The van der Waals surface area contributed by atoms with E-state index in [1.807, 2.05) is 24.3 Å². The molecule has 1 aliphatic rings. The van der Waals surface area contributed by atoms with Gasteiger partial charge in [0, 0.05) is 0 Å². The largest absolute Gasteiger partial charge is 0.264 e. The van der Waals surface area contributed by atoms with Gasteiger partial charge in [-0.15, -0.1) is 0 Å². The molecule has 1 heterocycles. The maximum atomic E-state index is 6.24. The van der Waals surface area contributed by atoms with Crippen molar-refractivity contribution in [3.05, 3.63) is 120 Å². The first-order valence-corrected chi connectivity index (χ1v) is 8.77. The van der Waals surface area contributed by atoms with Crippen LogP contribution in [0.3, 0.4) is 0 Å². The zero-order valence-electron chi connectivity index (χ0n) is 13.7. The molecular weight excluding hydrogens is 326 g/mol. The molecule has 3 aromatic rings. The van der Waals surface area contributed by atoms with Gasteiger partial charge in [-0.3, -0.25) is 4.99 Å². The van der Waals surface area contributed by atoms with Crippen molar-refractivity contribution < 1.29 is 0 Å². The van der Waals surface area contributed by atoms with Gasteiger partial charge in [0.1, 0.15) is 5.17 Å². The fourth-order valence-electron chi connectivity index (χ4n) is 3.75. The van der Waals surface area contributed by atoms with E-state index in [0.29, 0.717) is 5.17 Å². The molecule has 1 atom stereocenters. The van der Waals surface area contributed by atoms with Gasteiger partial charge < -0.3 is 0 Å². The molecule has 0 amide bonds. The predicted molar refractivity (Wildman–Crippen MR) is 105 cm³/mol. The molecule has 0 N–H and O–H groups in total. The Balaban J connectivity index is 2.07. The Bertz CT molecular complexity index is 802. The predicted octanol–water partition coefficient (Wildman–Crippen LogP) is 5.60. The third-order valence-electron chi connectivity index (χ3n) is 4.81. The van der Waals surface area contributed by atoms with E-state index < -0.39 is 5.41 Å². The number of benzene rings is 3. The van der Waals surface area contributed by atoms with Gasteiger partial charge in [-0.05, 0) is 22.8 Å². The van der Waals surface area contributed by atoms with Crippen LogP contribution in [0.2, 0.25) is 0 Å². The summed E-state index contributed by atoms with van der Waals surface area (Å²) in [6, 6.07) is 31.6. The minimum Gasteiger partial charge on any atom is -0.264 e. The van der Waals surface area contributed by atoms with Gasteiger partial charge in [0.05, 0.1) is 11.5 Å². The van der Waals surface area contributed by atoms with Crippen LogP contribution in [-0.4, -0.2) is 11.2 Å². The van der Waals surface area contributed by atoms with E-state index in [0.717, 1.165) is 0 Å². The van der Waals surface area contributed by atoms with Crippen molar-refractivity contribution >= 4 is 16.8 Å². The third-order valence-corrected chi connectivity index (χ3v) is 5.03. The first-order chi connectivity index (χ1) is 12.3. The summed E-state index contributed by atoms with van der Waals surface area (Å²) in [5.74, 6) is 0. The number of hydrogen-bond acceptors (Lipinski definition) is 1. The summed E-state index contributed by atoms with van der Waals surface area (Å²) in [5, 5.41) is 0.553. The normalized spacial score (nSPS) is 16.7. The molecule has 4 rings (SSSR count). The molecule has 0 bridgehead atoms. The zero-order chi connectivity index (χ0) is 17.1. The van der Waals surface area contributed by atoms with Gasteiger partial charge >= 0.3 is 0 Å². The summed E-state index contributed by atoms with van der Waals surface area (Å²) < 4.78 is 0. The van der Waals surface area contributed by atoms with E-state index in [1.54, 1.807) is 0 Å². The zero-order valence-corrected chi connectivity index (χ0v) is 14.5. The molecule has 0 saturated carbocycles. The molecule has 1 nitrogen and oxygen atoms in total. The molecule has 122 valence electrons. The highest BCUT2D eigenvalue weighted by atomic mass is 35.5. The van der Waals surface area contributed by atoms with Crippen LogP contribution in [0.1, 0.15) is 16.7 Å². The summed E-state index contributed by atoms with van der Waals surface area (Å²) in [7, 11) is 0. The van der Waals surface area contributed by atoms with Gasteiger partial charge in [-0.2, -0.15) is 0 Å². The van der Waals surface area contributed by atoms with Crippen LogP contribution in [0.5, 0.6) is 0 Å². The van der Waals surface area contributed by atoms with Crippen molar-refractivity contribution in [3.8, 4) is 0 Å². The maximum absolute atomic E-state index is 6.24. The first kappa shape index (κ1) is 15.9. The Morgan fingerprint density at radius 3 is 1.36 bits per heavy atom. The molecule has 1 unspecified atom stereocenters. The van der Waals surface area contributed by atoms with Gasteiger partial charge in [0.15, 0.2) is 0 Å². The topological polar surface area (TPSA) is 12.4 Å². The van der Waals surface area contributed by atoms with Crippen molar-refractivity contribution in [3.63, 3.8) is 0 Å². The Morgan fingerprint density at radius 2 is 1.04 bits per heavy atom. The van der Waals surface area contributed by atoms with E-state index >= 15 is 0 Å². The summed E-state index contributed by atoms with van der Waals surface area (Å²) in [6.45, 7) is 0. The van der Waals surface area contributed by atoms with Gasteiger partial charge in [0.2, 0.25) is 0 Å². The monoisotopic (exact) mass is 343 g/mol. The van der Waals surface area contributed by atoms with E-state index in [-0.39, 0.29) is 6.04 Å². The van der Waals surface area contributed by atoms with Crippen LogP contribution in [0.4, 0.5) is 0 Å². The Labute approximate surface area is 153 Å². The second-order valence-electron chi connectivity index (χ2n) is 6.16. The molecular formula is C23H18ClN. The van der Waals surface area contributed by atoms with E-state index in [1.165, 1.54) is 16.7 Å². The van der Waals surface area contributed by atoms with Gasteiger partial charge in [-0.25, -0.2) is 0 Å². The number of allylic oxidation sites excluding steroid dienone is 1. The molecule has 0 aromatic heterocycles. The van der Waals surface area contributed by atoms with Crippen molar-refractivity contribution in [2.45, 2.75) is 11.5 Å².